The molecule has 0 aromatic carbocycles. The molecule has 2 N–H and O–H groups in total. The molecule has 0 saturated heterocycles. The van der Waals surface area contributed by atoms with Gasteiger partial charge in [0.1, 0.15) is 9.88 Å². The van der Waals surface area contributed by atoms with Crippen LogP contribution in [0.1, 0.15) is 60.3 Å². The number of nitrogens with one attached hydrogen (secondary N) is 2. The molecule has 4 bridgehead atoms. The third kappa shape index (κ3) is 3.39. The maximum absolute atomic E-state index is 12.6. The predicted molar refractivity (Wildman–Crippen MR) is 111 cm³/mol. The second kappa shape index (κ2) is 6.95. The number of hydrazine groups is 1. The molecule has 5 nitrogen and oxygen atoms in total. The zero-order valence-corrected chi connectivity index (χ0v) is 17.6. The van der Waals surface area contributed by atoms with E-state index in [1.807, 2.05) is 24.4 Å². The minimum Gasteiger partial charge on any atom is -0.273 e. The number of thiazole rings is 1. The number of carbonyl (C=O) groups excluding carboxylic acids is 2. The van der Waals surface area contributed by atoms with Crippen LogP contribution in [-0.4, -0.2) is 16.8 Å². The minimum atomic E-state index is -0.281. The number of hydrogen-bond acceptors (Lipinski definition) is 5. The molecule has 6 rings (SSSR count). The van der Waals surface area contributed by atoms with Crippen molar-refractivity contribution in [3.05, 3.63) is 28.1 Å². The quantitative estimate of drug-likeness (QED) is 0.720. The first kappa shape index (κ1) is 18.3. The van der Waals surface area contributed by atoms with Crippen LogP contribution in [0.2, 0.25) is 0 Å². The first-order valence-corrected chi connectivity index (χ1v) is 11.8. The topological polar surface area (TPSA) is 71.1 Å². The largest absolute Gasteiger partial charge is 0.281 e. The van der Waals surface area contributed by atoms with E-state index in [4.69, 9.17) is 0 Å². The number of amides is 2. The molecular formula is C21H25N3O2S2. The van der Waals surface area contributed by atoms with Crippen LogP contribution in [0.25, 0.3) is 9.88 Å². The van der Waals surface area contributed by atoms with Crippen molar-refractivity contribution in [2.24, 2.45) is 23.2 Å². The minimum absolute atomic E-state index is 0.0593. The molecule has 4 fully saturated rings. The molecule has 2 aromatic rings. The highest BCUT2D eigenvalue weighted by molar-refractivity contribution is 7.22. The average Bonchev–Trinajstić information content (AvgIpc) is 3.27. The van der Waals surface area contributed by atoms with Gasteiger partial charge in [-0.15, -0.1) is 22.7 Å². The van der Waals surface area contributed by atoms with E-state index >= 15 is 0 Å². The molecule has 7 heteroatoms. The Balaban J connectivity index is 1.20. The van der Waals surface area contributed by atoms with Crippen LogP contribution in [0.3, 0.4) is 0 Å². The molecule has 2 amide bonds. The molecule has 0 spiro atoms. The van der Waals surface area contributed by atoms with Gasteiger partial charge in [0.05, 0.1) is 10.6 Å². The number of thiophene rings is 1. The van der Waals surface area contributed by atoms with Gasteiger partial charge in [-0.3, -0.25) is 20.4 Å². The van der Waals surface area contributed by atoms with Crippen LogP contribution in [0, 0.1) is 30.1 Å². The van der Waals surface area contributed by atoms with E-state index in [9.17, 15) is 9.59 Å². The summed E-state index contributed by atoms with van der Waals surface area (Å²) in [6.45, 7) is 1.83. The van der Waals surface area contributed by atoms with Crippen molar-refractivity contribution in [1.82, 2.24) is 15.8 Å². The van der Waals surface area contributed by atoms with E-state index < -0.39 is 0 Å². The molecule has 0 aliphatic heterocycles. The molecular weight excluding hydrogens is 390 g/mol. The van der Waals surface area contributed by atoms with E-state index in [0.29, 0.717) is 17.0 Å². The first-order valence-electron chi connectivity index (χ1n) is 10.1. The second-order valence-corrected chi connectivity index (χ2v) is 11.0. The lowest BCUT2D eigenvalue weighted by Gasteiger charge is -2.56. The average molecular weight is 416 g/mol. The lowest BCUT2D eigenvalue weighted by molar-refractivity contribution is -0.130. The summed E-state index contributed by atoms with van der Waals surface area (Å²) < 4.78 is 0. The van der Waals surface area contributed by atoms with Crippen molar-refractivity contribution in [3.63, 3.8) is 0 Å². The Morgan fingerprint density at radius 2 is 1.82 bits per heavy atom. The highest BCUT2D eigenvalue weighted by Crippen LogP contribution is 2.61. The van der Waals surface area contributed by atoms with Crippen LogP contribution in [0.4, 0.5) is 0 Å². The Morgan fingerprint density at radius 1 is 1.14 bits per heavy atom. The third-order valence-corrected chi connectivity index (χ3v) is 8.95. The molecule has 4 aliphatic carbocycles. The van der Waals surface area contributed by atoms with Gasteiger partial charge in [0, 0.05) is 6.42 Å². The van der Waals surface area contributed by atoms with Crippen molar-refractivity contribution >= 4 is 34.5 Å². The maximum Gasteiger partial charge on any atom is 0.281 e. The van der Waals surface area contributed by atoms with Gasteiger partial charge in [-0.05, 0) is 80.1 Å². The molecule has 0 unspecified atom stereocenters. The first-order chi connectivity index (χ1) is 13.5. The Kier molecular flexibility index (Phi) is 4.55. The fourth-order valence-electron chi connectivity index (χ4n) is 6.19. The summed E-state index contributed by atoms with van der Waals surface area (Å²) in [5, 5.41) is 2.84. The van der Waals surface area contributed by atoms with Gasteiger partial charge in [-0.1, -0.05) is 6.07 Å². The fourth-order valence-corrected chi connectivity index (χ4v) is 7.95. The predicted octanol–water partition coefficient (Wildman–Crippen LogP) is 4.55. The molecule has 28 heavy (non-hydrogen) atoms. The molecule has 2 aromatic heterocycles. The fraction of sp³-hybridized carbons (Fsp3) is 0.571. The van der Waals surface area contributed by atoms with Crippen molar-refractivity contribution in [1.29, 1.82) is 0 Å². The van der Waals surface area contributed by atoms with Gasteiger partial charge in [0.15, 0.2) is 0 Å². The smallest absolute Gasteiger partial charge is 0.273 e. The van der Waals surface area contributed by atoms with Gasteiger partial charge in [0.25, 0.3) is 5.91 Å². The SMILES string of the molecule is Cc1nc(-c2cccs2)sc1C(=O)NNC(=O)CC12CC3CC(CC(C3)C1)C2. The standard InChI is InChI=1S/C21H25N3O2S2/c1-12-18(28-20(22-12)16-3-2-4-27-16)19(26)24-23-17(25)11-21-8-13-5-14(9-21)7-15(6-13)10-21/h2-4,13-15H,5-11H2,1H3,(H,23,25)(H,24,26). The summed E-state index contributed by atoms with van der Waals surface area (Å²) in [7, 11) is 0. The summed E-state index contributed by atoms with van der Waals surface area (Å²) in [5.74, 6) is 2.13. The summed E-state index contributed by atoms with van der Waals surface area (Å²) in [6, 6.07) is 3.97. The van der Waals surface area contributed by atoms with E-state index in [2.05, 4.69) is 15.8 Å². The summed E-state index contributed by atoms with van der Waals surface area (Å²) >= 11 is 2.97. The monoisotopic (exact) mass is 415 g/mol. The normalized spacial score (nSPS) is 30.4. The molecule has 4 saturated carbocycles. The third-order valence-electron chi connectivity index (χ3n) is 6.75. The highest BCUT2D eigenvalue weighted by Gasteiger charge is 2.51. The molecule has 2 heterocycles. The summed E-state index contributed by atoms with van der Waals surface area (Å²) in [5.41, 5.74) is 6.16. The van der Waals surface area contributed by atoms with Gasteiger partial charge in [-0.2, -0.15) is 0 Å². The van der Waals surface area contributed by atoms with Gasteiger partial charge in [-0.25, -0.2) is 4.98 Å². The van der Waals surface area contributed by atoms with Crippen molar-refractivity contribution < 1.29 is 9.59 Å². The summed E-state index contributed by atoms with van der Waals surface area (Å²) in [6.07, 6.45) is 8.23. The van der Waals surface area contributed by atoms with Crippen LogP contribution in [0.15, 0.2) is 17.5 Å². The number of carbonyl (C=O) groups is 2. The van der Waals surface area contributed by atoms with E-state index in [0.717, 1.165) is 27.6 Å². The van der Waals surface area contributed by atoms with E-state index in [1.165, 1.54) is 49.9 Å². The molecule has 148 valence electrons. The summed E-state index contributed by atoms with van der Waals surface area (Å²) in [4.78, 5) is 31.3. The van der Waals surface area contributed by atoms with Gasteiger partial charge >= 0.3 is 0 Å². The van der Waals surface area contributed by atoms with Crippen LogP contribution in [0.5, 0.6) is 0 Å². The van der Waals surface area contributed by atoms with Gasteiger partial charge in [0.2, 0.25) is 5.91 Å². The second-order valence-electron chi connectivity index (χ2n) is 9.01. The lowest BCUT2D eigenvalue weighted by Crippen LogP contribution is -2.50. The van der Waals surface area contributed by atoms with Crippen LogP contribution < -0.4 is 10.9 Å². The zero-order chi connectivity index (χ0) is 19.3. The van der Waals surface area contributed by atoms with Crippen molar-refractivity contribution in [3.8, 4) is 9.88 Å². The van der Waals surface area contributed by atoms with Crippen molar-refractivity contribution in [2.75, 3.05) is 0 Å². The molecule has 4 aliphatic rings. The number of aromatic nitrogens is 1. The molecule has 0 atom stereocenters. The highest BCUT2D eigenvalue weighted by atomic mass is 32.1. The lowest BCUT2D eigenvalue weighted by atomic mass is 9.49. The number of aryl methyl sites for hydroxylation is 1. The van der Waals surface area contributed by atoms with E-state index in [1.54, 1.807) is 11.3 Å². The molecule has 0 radical (unpaired) electrons. The number of hydrogen-bond donors (Lipinski definition) is 2. The zero-order valence-electron chi connectivity index (χ0n) is 16.0. The number of rotatable bonds is 4. The Morgan fingerprint density at radius 3 is 2.43 bits per heavy atom. The van der Waals surface area contributed by atoms with Gasteiger partial charge < -0.3 is 0 Å². The Hall–Kier alpha value is -1.73. The van der Waals surface area contributed by atoms with Crippen molar-refractivity contribution in [2.45, 2.75) is 51.9 Å². The van der Waals surface area contributed by atoms with Crippen LogP contribution >= 0.6 is 22.7 Å². The Bertz CT molecular complexity index is 868. The number of nitrogens with zero attached hydrogens (tertiary/aromatic N) is 1. The Labute approximate surface area is 172 Å². The van der Waals surface area contributed by atoms with E-state index in [-0.39, 0.29) is 17.2 Å². The maximum atomic E-state index is 12.6. The van der Waals surface area contributed by atoms with Crippen LogP contribution in [-0.2, 0) is 4.79 Å².